The van der Waals surface area contributed by atoms with Crippen molar-refractivity contribution in [2.75, 3.05) is 0 Å². The molecule has 1 nitrogen and oxygen atoms in total. The van der Waals surface area contributed by atoms with Crippen LogP contribution in [0.3, 0.4) is 0 Å². The van der Waals surface area contributed by atoms with E-state index in [4.69, 9.17) is 0 Å². The van der Waals surface area contributed by atoms with Crippen LogP contribution in [0.5, 0.6) is 0 Å². The molecule has 0 aliphatic heterocycles. The van der Waals surface area contributed by atoms with Gasteiger partial charge in [-0.1, -0.05) is 29.8 Å². The molecule has 0 spiro atoms. The third kappa shape index (κ3) is 2.11. The lowest BCUT2D eigenvalue weighted by Gasteiger charge is -2.33. The molecule has 0 radical (unpaired) electrons. The predicted molar refractivity (Wildman–Crippen MR) is 80.9 cm³/mol. The number of aromatic nitrogens is 1. The SMILES string of the molecule is CC1CCC(n2ccc3cc(Br)ccc32)CC1C. The van der Waals surface area contributed by atoms with Crippen LogP contribution >= 0.6 is 15.9 Å². The summed E-state index contributed by atoms with van der Waals surface area (Å²) in [5, 5.41) is 1.34. The van der Waals surface area contributed by atoms with E-state index in [1.165, 1.54) is 34.6 Å². The Morgan fingerprint density at radius 1 is 1.11 bits per heavy atom. The molecule has 1 aromatic carbocycles. The Morgan fingerprint density at radius 3 is 2.72 bits per heavy atom. The summed E-state index contributed by atoms with van der Waals surface area (Å²) in [6.07, 6.45) is 6.28. The van der Waals surface area contributed by atoms with E-state index in [-0.39, 0.29) is 0 Å². The fraction of sp³-hybridized carbons (Fsp3) is 0.500. The van der Waals surface area contributed by atoms with Gasteiger partial charge < -0.3 is 4.57 Å². The van der Waals surface area contributed by atoms with Crippen LogP contribution in [0, 0.1) is 11.8 Å². The molecule has 1 saturated carbocycles. The Bertz CT molecular complexity index is 557. The fourth-order valence-electron chi connectivity index (χ4n) is 3.23. The average molecular weight is 306 g/mol. The first-order chi connectivity index (χ1) is 8.65. The van der Waals surface area contributed by atoms with E-state index in [1.807, 2.05) is 0 Å². The maximum atomic E-state index is 3.55. The minimum atomic E-state index is 0.690. The summed E-state index contributed by atoms with van der Waals surface area (Å²) < 4.78 is 3.66. The average Bonchev–Trinajstić information content (AvgIpc) is 2.75. The molecule has 3 atom stereocenters. The summed E-state index contributed by atoms with van der Waals surface area (Å²) >= 11 is 3.55. The van der Waals surface area contributed by atoms with E-state index in [0.29, 0.717) is 6.04 Å². The molecular weight excluding hydrogens is 286 g/mol. The third-order valence-corrected chi connectivity index (χ3v) is 5.14. The molecule has 0 amide bonds. The number of hydrogen-bond acceptors (Lipinski definition) is 0. The summed E-state index contributed by atoms with van der Waals surface area (Å²) in [6, 6.07) is 9.52. The van der Waals surface area contributed by atoms with Crippen LogP contribution in [0.1, 0.15) is 39.2 Å². The van der Waals surface area contributed by atoms with Crippen molar-refractivity contribution in [3.63, 3.8) is 0 Å². The van der Waals surface area contributed by atoms with E-state index >= 15 is 0 Å². The number of rotatable bonds is 1. The topological polar surface area (TPSA) is 4.93 Å². The first kappa shape index (κ1) is 12.3. The van der Waals surface area contributed by atoms with Crippen LogP contribution < -0.4 is 0 Å². The van der Waals surface area contributed by atoms with Crippen LogP contribution in [0.25, 0.3) is 10.9 Å². The molecule has 1 aromatic heterocycles. The quantitative estimate of drug-likeness (QED) is 0.664. The molecule has 2 aromatic rings. The Labute approximate surface area is 117 Å². The molecule has 3 unspecified atom stereocenters. The van der Waals surface area contributed by atoms with Gasteiger partial charge in [0, 0.05) is 27.6 Å². The minimum absolute atomic E-state index is 0.690. The van der Waals surface area contributed by atoms with Gasteiger partial charge >= 0.3 is 0 Å². The summed E-state index contributed by atoms with van der Waals surface area (Å²) in [5.74, 6) is 1.73. The van der Waals surface area contributed by atoms with Crippen molar-refractivity contribution in [1.82, 2.24) is 4.57 Å². The maximum Gasteiger partial charge on any atom is 0.0483 e. The van der Waals surface area contributed by atoms with Crippen molar-refractivity contribution in [3.05, 3.63) is 34.9 Å². The second-order valence-corrected chi connectivity index (χ2v) is 6.76. The minimum Gasteiger partial charge on any atom is -0.344 e. The standard InChI is InChI=1S/C16H20BrN/c1-11-3-5-15(9-12(11)2)18-8-7-13-10-14(17)4-6-16(13)18/h4,6-8,10-12,15H,3,5,9H2,1-2H3. The number of halogens is 1. The van der Waals surface area contributed by atoms with E-state index in [1.54, 1.807) is 0 Å². The van der Waals surface area contributed by atoms with Crippen molar-refractivity contribution < 1.29 is 0 Å². The van der Waals surface area contributed by atoms with Gasteiger partial charge in [-0.25, -0.2) is 0 Å². The van der Waals surface area contributed by atoms with Gasteiger partial charge in [-0.3, -0.25) is 0 Å². The molecule has 1 fully saturated rings. The molecule has 0 bridgehead atoms. The maximum absolute atomic E-state index is 3.55. The number of fused-ring (bicyclic) bond motifs is 1. The number of benzene rings is 1. The van der Waals surface area contributed by atoms with Crippen LogP contribution in [-0.4, -0.2) is 4.57 Å². The van der Waals surface area contributed by atoms with Gasteiger partial charge in [-0.05, 0) is 55.4 Å². The first-order valence-electron chi connectivity index (χ1n) is 6.91. The van der Waals surface area contributed by atoms with Crippen LogP contribution in [0.15, 0.2) is 34.9 Å². The zero-order chi connectivity index (χ0) is 12.7. The summed E-state index contributed by atoms with van der Waals surface area (Å²) in [6.45, 7) is 4.80. The van der Waals surface area contributed by atoms with Crippen LogP contribution in [-0.2, 0) is 0 Å². The molecule has 96 valence electrons. The second-order valence-electron chi connectivity index (χ2n) is 5.85. The molecule has 18 heavy (non-hydrogen) atoms. The van der Waals surface area contributed by atoms with Gasteiger partial charge in [-0.2, -0.15) is 0 Å². The Hall–Kier alpha value is -0.760. The smallest absolute Gasteiger partial charge is 0.0483 e. The van der Waals surface area contributed by atoms with Gasteiger partial charge in [0.1, 0.15) is 0 Å². The predicted octanol–water partition coefficient (Wildman–Crippen LogP) is 5.40. The van der Waals surface area contributed by atoms with Gasteiger partial charge in [0.05, 0.1) is 0 Å². The second kappa shape index (κ2) is 4.73. The third-order valence-electron chi connectivity index (χ3n) is 4.65. The highest BCUT2D eigenvalue weighted by molar-refractivity contribution is 9.10. The Kier molecular flexibility index (Phi) is 3.23. The Morgan fingerprint density at radius 2 is 1.94 bits per heavy atom. The lowest BCUT2D eigenvalue weighted by molar-refractivity contribution is 0.214. The number of nitrogens with zero attached hydrogens (tertiary/aromatic N) is 1. The lowest BCUT2D eigenvalue weighted by Crippen LogP contribution is -2.22. The summed E-state index contributed by atoms with van der Waals surface area (Å²) in [5.41, 5.74) is 1.38. The normalized spacial score (nSPS) is 28.7. The largest absolute Gasteiger partial charge is 0.344 e. The van der Waals surface area contributed by atoms with Crippen LogP contribution in [0.2, 0.25) is 0 Å². The van der Waals surface area contributed by atoms with Crippen molar-refractivity contribution >= 4 is 26.8 Å². The Balaban J connectivity index is 1.95. The van der Waals surface area contributed by atoms with Gasteiger partial charge in [0.15, 0.2) is 0 Å². The highest BCUT2D eigenvalue weighted by Crippen LogP contribution is 2.38. The van der Waals surface area contributed by atoms with Crippen molar-refractivity contribution in [1.29, 1.82) is 0 Å². The van der Waals surface area contributed by atoms with Gasteiger partial charge in [0.2, 0.25) is 0 Å². The number of hydrogen-bond donors (Lipinski definition) is 0. The molecule has 0 saturated heterocycles. The molecule has 1 heterocycles. The van der Waals surface area contributed by atoms with Crippen molar-refractivity contribution in [2.24, 2.45) is 11.8 Å². The van der Waals surface area contributed by atoms with E-state index in [2.05, 4.69) is 64.8 Å². The van der Waals surface area contributed by atoms with E-state index < -0.39 is 0 Å². The molecule has 0 N–H and O–H groups in total. The van der Waals surface area contributed by atoms with Crippen LogP contribution in [0.4, 0.5) is 0 Å². The van der Waals surface area contributed by atoms with E-state index in [9.17, 15) is 0 Å². The first-order valence-corrected chi connectivity index (χ1v) is 7.70. The highest BCUT2D eigenvalue weighted by atomic mass is 79.9. The zero-order valence-electron chi connectivity index (χ0n) is 11.1. The van der Waals surface area contributed by atoms with Crippen molar-refractivity contribution in [3.8, 4) is 0 Å². The van der Waals surface area contributed by atoms with E-state index in [0.717, 1.165) is 11.8 Å². The van der Waals surface area contributed by atoms with Gasteiger partial charge in [0.25, 0.3) is 0 Å². The molecule has 2 heteroatoms. The molecule has 3 rings (SSSR count). The molecular formula is C16H20BrN. The fourth-order valence-corrected chi connectivity index (χ4v) is 3.60. The lowest BCUT2D eigenvalue weighted by atomic mass is 9.79. The van der Waals surface area contributed by atoms with Crippen molar-refractivity contribution in [2.45, 2.75) is 39.2 Å². The monoisotopic (exact) mass is 305 g/mol. The van der Waals surface area contributed by atoms with Gasteiger partial charge in [-0.15, -0.1) is 0 Å². The summed E-state index contributed by atoms with van der Waals surface area (Å²) in [7, 11) is 0. The molecule has 1 aliphatic rings. The zero-order valence-corrected chi connectivity index (χ0v) is 12.7. The highest BCUT2D eigenvalue weighted by Gasteiger charge is 2.25. The molecule has 1 aliphatic carbocycles. The summed E-state index contributed by atoms with van der Waals surface area (Å²) in [4.78, 5) is 0.